The van der Waals surface area contributed by atoms with Crippen LogP contribution in [0.3, 0.4) is 0 Å². The summed E-state index contributed by atoms with van der Waals surface area (Å²) in [5, 5.41) is 3.19. The minimum Gasteiger partial charge on any atom is -0.364 e. The van der Waals surface area contributed by atoms with Gasteiger partial charge in [-0.3, -0.25) is 0 Å². The maximum Gasteiger partial charge on any atom is 0.120 e. The maximum absolute atomic E-state index is 11.1. The van der Waals surface area contributed by atoms with Gasteiger partial charge in [-0.25, -0.2) is 0 Å². The third-order valence-corrected chi connectivity index (χ3v) is 3.59. The fourth-order valence-electron chi connectivity index (χ4n) is 2.52. The molecule has 4 heteroatoms. The highest BCUT2D eigenvalue weighted by molar-refractivity contribution is 5.53. The Morgan fingerprint density at radius 2 is 1.43 bits per heavy atom. The molecule has 0 radical (unpaired) electrons. The van der Waals surface area contributed by atoms with Gasteiger partial charge < -0.3 is 9.80 Å². The molecule has 106 valence electrons. The number of hydrogen-bond donors (Lipinski definition) is 0. The van der Waals surface area contributed by atoms with E-state index in [1.807, 2.05) is 54.7 Å². The van der Waals surface area contributed by atoms with E-state index in [1.165, 1.54) is 0 Å². The number of nitroso groups, excluding NO2 is 1. The second kappa shape index (κ2) is 6.22. The number of hydrogen-bond acceptors (Lipinski definition) is 4. The Kier molecular flexibility index (Phi) is 3.96. The van der Waals surface area contributed by atoms with Crippen LogP contribution in [-0.2, 0) is 0 Å². The van der Waals surface area contributed by atoms with Gasteiger partial charge in [0.25, 0.3) is 0 Å². The first-order valence-electron chi connectivity index (χ1n) is 7.02. The largest absolute Gasteiger partial charge is 0.364 e. The standard InChI is InChI=1S/C17H17N3O/c21-18-15-13-19(16-7-3-1-4-8-16)11-12-20(14-15)17-9-5-2-6-10-17/h1-10,13H,11-12,14H2. The van der Waals surface area contributed by atoms with E-state index in [9.17, 15) is 4.91 Å². The maximum atomic E-state index is 11.1. The number of anilines is 2. The second-order valence-corrected chi connectivity index (χ2v) is 5.00. The molecular weight excluding hydrogens is 262 g/mol. The summed E-state index contributed by atoms with van der Waals surface area (Å²) < 4.78 is 0. The minimum atomic E-state index is 0.539. The molecule has 0 atom stereocenters. The van der Waals surface area contributed by atoms with Gasteiger partial charge in [0, 0.05) is 30.7 Å². The molecule has 0 aliphatic carbocycles. The normalized spacial score (nSPS) is 15.3. The lowest BCUT2D eigenvalue weighted by molar-refractivity contribution is 0.835. The summed E-state index contributed by atoms with van der Waals surface area (Å²) in [5.41, 5.74) is 2.73. The molecule has 1 aliphatic rings. The van der Waals surface area contributed by atoms with Crippen molar-refractivity contribution in [3.63, 3.8) is 0 Å². The third kappa shape index (κ3) is 3.11. The molecule has 0 spiro atoms. The Morgan fingerprint density at radius 1 is 0.810 bits per heavy atom. The molecule has 4 nitrogen and oxygen atoms in total. The summed E-state index contributed by atoms with van der Waals surface area (Å²) >= 11 is 0. The first-order chi connectivity index (χ1) is 10.4. The van der Waals surface area contributed by atoms with Crippen LogP contribution in [-0.4, -0.2) is 19.6 Å². The first-order valence-corrected chi connectivity index (χ1v) is 7.02. The molecule has 1 heterocycles. The minimum absolute atomic E-state index is 0.539. The van der Waals surface area contributed by atoms with Gasteiger partial charge in [-0.2, -0.15) is 0 Å². The average molecular weight is 279 g/mol. The first kappa shape index (κ1) is 13.4. The van der Waals surface area contributed by atoms with Crippen LogP contribution in [0, 0.1) is 4.91 Å². The average Bonchev–Trinajstić information content (AvgIpc) is 2.79. The van der Waals surface area contributed by atoms with E-state index in [0.29, 0.717) is 12.2 Å². The Labute approximate surface area is 124 Å². The van der Waals surface area contributed by atoms with Crippen molar-refractivity contribution in [1.29, 1.82) is 0 Å². The molecule has 0 fully saturated rings. The summed E-state index contributed by atoms with van der Waals surface area (Å²) in [4.78, 5) is 15.4. The lowest BCUT2D eigenvalue weighted by atomic mass is 10.2. The van der Waals surface area contributed by atoms with Crippen LogP contribution in [0.1, 0.15) is 0 Å². The lowest BCUT2D eigenvalue weighted by Gasteiger charge is -2.24. The van der Waals surface area contributed by atoms with Crippen LogP contribution in [0.4, 0.5) is 11.4 Å². The Morgan fingerprint density at radius 3 is 2.05 bits per heavy atom. The highest BCUT2D eigenvalue weighted by Gasteiger charge is 2.17. The summed E-state index contributed by atoms with van der Waals surface area (Å²) in [6.07, 6.45) is 1.85. The van der Waals surface area contributed by atoms with Gasteiger partial charge in [-0.1, -0.05) is 36.4 Å². The van der Waals surface area contributed by atoms with Gasteiger partial charge >= 0.3 is 0 Å². The van der Waals surface area contributed by atoms with Crippen LogP contribution < -0.4 is 9.80 Å². The molecule has 2 aromatic rings. The van der Waals surface area contributed by atoms with Crippen LogP contribution in [0.25, 0.3) is 0 Å². The summed E-state index contributed by atoms with van der Waals surface area (Å²) in [6.45, 7) is 2.20. The topological polar surface area (TPSA) is 35.9 Å². The summed E-state index contributed by atoms with van der Waals surface area (Å²) in [5.74, 6) is 0. The SMILES string of the molecule is O=NC1=CN(c2ccccc2)CCN(c2ccccc2)C1. The smallest absolute Gasteiger partial charge is 0.120 e. The van der Waals surface area contributed by atoms with Gasteiger partial charge in [0.15, 0.2) is 0 Å². The van der Waals surface area contributed by atoms with Crippen LogP contribution in [0.5, 0.6) is 0 Å². The van der Waals surface area contributed by atoms with Crippen molar-refractivity contribution in [1.82, 2.24) is 0 Å². The van der Waals surface area contributed by atoms with Crippen LogP contribution in [0.2, 0.25) is 0 Å². The predicted molar refractivity (Wildman–Crippen MR) is 86.3 cm³/mol. The zero-order valence-electron chi connectivity index (χ0n) is 11.7. The fourth-order valence-corrected chi connectivity index (χ4v) is 2.52. The van der Waals surface area contributed by atoms with Crippen molar-refractivity contribution in [3.8, 4) is 0 Å². The van der Waals surface area contributed by atoms with E-state index in [2.05, 4.69) is 27.1 Å². The van der Waals surface area contributed by atoms with Crippen molar-refractivity contribution >= 4 is 11.4 Å². The fraction of sp³-hybridized carbons (Fsp3) is 0.176. The van der Waals surface area contributed by atoms with E-state index >= 15 is 0 Å². The van der Waals surface area contributed by atoms with Crippen LogP contribution >= 0.6 is 0 Å². The molecule has 0 saturated carbocycles. The van der Waals surface area contributed by atoms with E-state index in [0.717, 1.165) is 24.5 Å². The Bertz CT molecular complexity index is 625. The summed E-state index contributed by atoms with van der Waals surface area (Å²) in [7, 11) is 0. The monoisotopic (exact) mass is 279 g/mol. The van der Waals surface area contributed by atoms with E-state index < -0.39 is 0 Å². The van der Waals surface area contributed by atoms with Crippen molar-refractivity contribution < 1.29 is 0 Å². The highest BCUT2D eigenvalue weighted by Crippen LogP contribution is 2.21. The number of rotatable bonds is 3. The van der Waals surface area contributed by atoms with E-state index in [1.54, 1.807) is 0 Å². The van der Waals surface area contributed by atoms with Crippen molar-refractivity contribution in [2.24, 2.45) is 5.18 Å². The van der Waals surface area contributed by atoms with Gasteiger partial charge in [0.2, 0.25) is 0 Å². The zero-order chi connectivity index (χ0) is 14.5. The molecule has 3 rings (SSSR count). The quantitative estimate of drug-likeness (QED) is 0.805. The van der Waals surface area contributed by atoms with Crippen molar-refractivity contribution in [3.05, 3.63) is 77.5 Å². The lowest BCUT2D eigenvalue weighted by Crippen LogP contribution is -2.30. The highest BCUT2D eigenvalue weighted by atomic mass is 16.3. The zero-order valence-corrected chi connectivity index (χ0v) is 11.7. The molecule has 0 bridgehead atoms. The number of nitrogens with zero attached hydrogens (tertiary/aromatic N) is 3. The van der Waals surface area contributed by atoms with Gasteiger partial charge in [0.1, 0.15) is 5.70 Å². The van der Waals surface area contributed by atoms with Crippen molar-refractivity contribution in [2.75, 3.05) is 29.4 Å². The summed E-state index contributed by atoms with van der Waals surface area (Å²) in [6, 6.07) is 20.2. The molecule has 0 amide bonds. The third-order valence-electron chi connectivity index (χ3n) is 3.59. The molecule has 2 aromatic carbocycles. The Hall–Kier alpha value is -2.62. The van der Waals surface area contributed by atoms with E-state index in [4.69, 9.17) is 0 Å². The number of benzene rings is 2. The van der Waals surface area contributed by atoms with E-state index in [-0.39, 0.29) is 0 Å². The molecule has 0 aromatic heterocycles. The predicted octanol–water partition coefficient (Wildman–Crippen LogP) is 3.62. The van der Waals surface area contributed by atoms with Crippen LogP contribution in [0.15, 0.2) is 77.7 Å². The van der Waals surface area contributed by atoms with Crippen molar-refractivity contribution in [2.45, 2.75) is 0 Å². The van der Waals surface area contributed by atoms with Gasteiger partial charge in [-0.05, 0) is 29.4 Å². The molecule has 21 heavy (non-hydrogen) atoms. The second-order valence-electron chi connectivity index (χ2n) is 5.00. The molecule has 0 saturated heterocycles. The van der Waals surface area contributed by atoms with Gasteiger partial charge in [0.05, 0.1) is 6.54 Å². The van der Waals surface area contributed by atoms with Gasteiger partial charge in [-0.15, -0.1) is 4.91 Å². The molecule has 0 N–H and O–H groups in total. The molecule has 0 unspecified atom stereocenters. The Balaban J connectivity index is 1.85. The molecular formula is C17H17N3O. The number of para-hydroxylation sites is 2. The molecule has 1 aliphatic heterocycles.